The lowest BCUT2D eigenvalue weighted by molar-refractivity contribution is -0.384. The standard InChI is InChI=1S/C14H12N2O5/c17-13-6-10(14(18)19)5-11(7-13)15-8-9-2-1-3-12(4-9)16(20)21/h1-7,15,17H,8H2,(H,18,19). The van der Waals surface area contributed by atoms with Gasteiger partial charge >= 0.3 is 5.97 Å². The Balaban J connectivity index is 2.14. The summed E-state index contributed by atoms with van der Waals surface area (Å²) in [6.07, 6.45) is 0. The average molecular weight is 288 g/mol. The van der Waals surface area contributed by atoms with Crippen molar-refractivity contribution in [1.29, 1.82) is 0 Å². The lowest BCUT2D eigenvalue weighted by atomic mass is 10.1. The fraction of sp³-hybridized carbons (Fsp3) is 0.0714. The van der Waals surface area contributed by atoms with Crippen LogP contribution in [0.2, 0.25) is 0 Å². The summed E-state index contributed by atoms with van der Waals surface area (Å²) in [7, 11) is 0. The van der Waals surface area contributed by atoms with E-state index >= 15 is 0 Å². The van der Waals surface area contributed by atoms with Crippen molar-refractivity contribution in [2.75, 3.05) is 5.32 Å². The van der Waals surface area contributed by atoms with Gasteiger partial charge in [-0.2, -0.15) is 0 Å². The van der Waals surface area contributed by atoms with Gasteiger partial charge in [-0.3, -0.25) is 10.1 Å². The van der Waals surface area contributed by atoms with Crippen LogP contribution in [0.4, 0.5) is 11.4 Å². The van der Waals surface area contributed by atoms with Crippen LogP contribution in [0.15, 0.2) is 42.5 Å². The fourth-order valence-corrected chi connectivity index (χ4v) is 1.82. The predicted octanol–water partition coefficient (Wildman–Crippen LogP) is 2.61. The molecule has 21 heavy (non-hydrogen) atoms. The van der Waals surface area contributed by atoms with Crippen molar-refractivity contribution in [3.05, 3.63) is 63.7 Å². The monoisotopic (exact) mass is 288 g/mol. The van der Waals surface area contributed by atoms with Crippen LogP contribution in [-0.2, 0) is 6.54 Å². The zero-order valence-corrected chi connectivity index (χ0v) is 10.8. The number of carboxylic acid groups (broad SMARTS) is 1. The molecule has 108 valence electrons. The Morgan fingerprint density at radius 2 is 2.00 bits per heavy atom. The van der Waals surface area contributed by atoms with E-state index in [-0.39, 0.29) is 23.5 Å². The van der Waals surface area contributed by atoms with Crippen molar-refractivity contribution in [3.63, 3.8) is 0 Å². The largest absolute Gasteiger partial charge is 0.508 e. The number of non-ortho nitro benzene ring substituents is 1. The van der Waals surface area contributed by atoms with Gasteiger partial charge in [-0.25, -0.2) is 4.79 Å². The molecule has 0 radical (unpaired) electrons. The molecule has 0 saturated heterocycles. The second-order valence-electron chi connectivity index (χ2n) is 4.35. The number of aromatic hydroxyl groups is 1. The Morgan fingerprint density at radius 1 is 1.24 bits per heavy atom. The van der Waals surface area contributed by atoms with Gasteiger partial charge in [0.05, 0.1) is 10.5 Å². The molecule has 0 amide bonds. The van der Waals surface area contributed by atoms with Gasteiger partial charge in [0.2, 0.25) is 0 Å². The molecule has 0 saturated carbocycles. The molecule has 0 aromatic heterocycles. The van der Waals surface area contributed by atoms with Crippen molar-refractivity contribution >= 4 is 17.3 Å². The van der Waals surface area contributed by atoms with Gasteiger partial charge in [0.15, 0.2) is 0 Å². The molecular weight excluding hydrogens is 276 g/mol. The van der Waals surface area contributed by atoms with E-state index in [2.05, 4.69) is 5.32 Å². The van der Waals surface area contributed by atoms with Crippen molar-refractivity contribution in [3.8, 4) is 5.75 Å². The van der Waals surface area contributed by atoms with Crippen LogP contribution in [0.25, 0.3) is 0 Å². The van der Waals surface area contributed by atoms with Gasteiger partial charge in [0.1, 0.15) is 5.75 Å². The maximum Gasteiger partial charge on any atom is 0.335 e. The van der Waals surface area contributed by atoms with Crippen molar-refractivity contribution in [1.82, 2.24) is 0 Å². The third-order valence-corrected chi connectivity index (χ3v) is 2.78. The minimum Gasteiger partial charge on any atom is -0.508 e. The van der Waals surface area contributed by atoms with Crippen LogP contribution in [0.3, 0.4) is 0 Å². The lowest BCUT2D eigenvalue weighted by Gasteiger charge is -2.08. The Labute approximate surface area is 119 Å². The van der Waals surface area contributed by atoms with Crippen LogP contribution >= 0.6 is 0 Å². The highest BCUT2D eigenvalue weighted by atomic mass is 16.6. The molecule has 0 bridgehead atoms. The SMILES string of the molecule is O=C(O)c1cc(O)cc(NCc2cccc([N+](=O)[O-])c2)c1. The van der Waals surface area contributed by atoms with E-state index < -0.39 is 10.9 Å². The van der Waals surface area contributed by atoms with Crippen LogP contribution in [0.5, 0.6) is 5.75 Å². The molecular formula is C14H12N2O5. The number of nitrogens with zero attached hydrogens (tertiary/aromatic N) is 1. The Bertz CT molecular complexity index is 700. The Hall–Kier alpha value is -3.09. The smallest absolute Gasteiger partial charge is 0.335 e. The number of carboxylic acids is 1. The summed E-state index contributed by atoms with van der Waals surface area (Å²) in [6, 6.07) is 9.99. The van der Waals surface area contributed by atoms with E-state index in [0.29, 0.717) is 11.3 Å². The first-order chi connectivity index (χ1) is 9.95. The maximum absolute atomic E-state index is 10.9. The number of phenols is 1. The van der Waals surface area contributed by atoms with Crippen molar-refractivity contribution in [2.45, 2.75) is 6.54 Å². The molecule has 7 heteroatoms. The lowest BCUT2D eigenvalue weighted by Crippen LogP contribution is -2.02. The summed E-state index contributed by atoms with van der Waals surface area (Å²) in [5.74, 6) is -1.32. The molecule has 0 fully saturated rings. The highest BCUT2D eigenvalue weighted by Gasteiger charge is 2.08. The number of phenolic OH excluding ortho intramolecular Hbond substituents is 1. The summed E-state index contributed by atoms with van der Waals surface area (Å²) in [4.78, 5) is 21.1. The zero-order valence-electron chi connectivity index (χ0n) is 10.8. The number of hydrogen-bond donors (Lipinski definition) is 3. The Kier molecular flexibility index (Phi) is 4.03. The van der Waals surface area contributed by atoms with Gasteiger partial charge in [-0.15, -0.1) is 0 Å². The number of nitro benzene ring substituents is 1. The Morgan fingerprint density at radius 3 is 2.67 bits per heavy atom. The summed E-state index contributed by atoms with van der Waals surface area (Å²) in [5.41, 5.74) is 1.02. The average Bonchev–Trinajstić information content (AvgIpc) is 2.45. The topological polar surface area (TPSA) is 113 Å². The van der Waals surface area contributed by atoms with Crippen LogP contribution in [-0.4, -0.2) is 21.1 Å². The number of nitrogens with one attached hydrogen (secondary N) is 1. The van der Waals surface area contributed by atoms with E-state index in [4.69, 9.17) is 5.11 Å². The molecule has 3 N–H and O–H groups in total. The van der Waals surface area contributed by atoms with Gasteiger partial charge in [0.25, 0.3) is 5.69 Å². The molecule has 0 unspecified atom stereocenters. The number of aromatic carboxylic acids is 1. The molecule has 0 aliphatic carbocycles. The first kappa shape index (κ1) is 14.3. The molecule has 0 atom stereocenters. The minimum absolute atomic E-state index is 0.0172. The molecule has 0 aliphatic rings. The fourth-order valence-electron chi connectivity index (χ4n) is 1.82. The van der Waals surface area contributed by atoms with Crippen LogP contribution < -0.4 is 5.32 Å². The van der Waals surface area contributed by atoms with E-state index in [1.807, 2.05) is 0 Å². The highest BCUT2D eigenvalue weighted by molar-refractivity contribution is 5.89. The highest BCUT2D eigenvalue weighted by Crippen LogP contribution is 2.21. The summed E-state index contributed by atoms with van der Waals surface area (Å²) < 4.78 is 0. The third-order valence-electron chi connectivity index (χ3n) is 2.78. The van der Waals surface area contributed by atoms with Crippen molar-refractivity contribution < 1.29 is 19.9 Å². The number of rotatable bonds is 5. The number of benzene rings is 2. The third kappa shape index (κ3) is 3.69. The molecule has 0 heterocycles. The van der Waals surface area contributed by atoms with E-state index in [0.717, 1.165) is 6.07 Å². The minimum atomic E-state index is -1.15. The second-order valence-corrected chi connectivity index (χ2v) is 4.35. The van der Waals surface area contributed by atoms with Crippen molar-refractivity contribution in [2.24, 2.45) is 0 Å². The van der Waals surface area contributed by atoms with E-state index in [1.54, 1.807) is 12.1 Å². The normalized spacial score (nSPS) is 10.1. The zero-order chi connectivity index (χ0) is 15.4. The quantitative estimate of drug-likeness (QED) is 0.575. The van der Waals surface area contributed by atoms with E-state index in [9.17, 15) is 20.0 Å². The number of carbonyl (C=O) groups is 1. The van der Waals surface area contributed by atoms with Crippen LogP contribution in [0.1, 0.15) is 15.9 Å². The molecule has 2 rings (SSSR count). The van der Waals surface area contributed by atoms with E-state index in [1.165, 1.54) is 24.3 Å². The second kappa shape index (κ2) is 5.91. The first-order valence-corrected chi connectivity index (χ1v) is 6.00. The van der Waals surface area contributed by atoms with Crippen LogP contribution in [0, 0.1) is 10.1 Å². The number of hydrogen-bond acceptors (Lipinski definition) is 5. The van der Waals surface area contributed by atoms with Gasteiger partial charge in [0, 0.05) is 30.4 Å². The number of anilines is 1. The molecule has 2 aromatic rings. The molecule has 0 spiro atoms. The van der Waals surface area contributed by atoms with Gasteiger partial charge in [-0.1, -0.05) is 12.1 Å². The molecule has 0 aliphatic heterocycles. The summed E-state index contributed by atoms with van der Waals surface area (Å²) in [5, 5.41) is 32.0. The predicted molar refractivity (Wildman–Crippen MR) is 75.5 cm³/mol. The summed E-state index contributed by atoms with van der Waals surface area (Å²) in [6.45, 7) is 0.268. The summed E-state index contributed by atoms with van der Waals surface area (Å²) >= 11 is 0. The maximum atomic E-state index is 10.9. The molecule has 2 aromatic carbocycles. The number of nitro groups is 1. The first-order valence-electron chi connectivity index (χ1n) is 6.00. The molecule has 7 nitrogen and oxygen atoms in total. The van der Waals surface area contributed by atoms with Gasteiger partial charge in [-0.05, 0) is 17.7 Å². The van der Waals surface area contributed by atoms with Gasteiger partial charge < -0.3 is 15.5 Å².